The molecule has 1 N–H and O–H groups in total. The zero-order valence-electron chi connectivity index (χ0n) is 21.3. The lowest BCUT2D eigenvalue weighted by Crippen LogP contribution is -2.35. The van der Waals surface area contributed by atoms with E-state index in [1.807, 2.05) is 36.4 Å². The van der Waals surface area contributed by atoms with Gasteiger partial charge in [0.1, 0.15) is 6.61 Å². The van der Waals surface area contributed by atoms with Crippen LogP contribution in [-0.2, 0) is 29.8 Å². The van der Waals surface area contributed by atoms with E-state index in [4.69, 9.17) is 14.5 Å². The number of aromatic nitrogens is 4. The monoisotopic (exact) mass is 486 g/mol. The number of benzene rings is 2. The first-order chi connectivity index (χ1) is 17.4. The molecule has 0 saturated carbocycles. The minimum absolute atomic E-state index is 0.135. The van der Waals surface area contributed by atoms with E-state index in [9.17, 15) is 0 Å². The Bertz CT molecular complexity index is 1280. The van der Waals surface area contributed by atoms with E-state index in [1.165, 1.54) is 11.1 Å². The lowest BCUT2D eigenvalue weighted by Gasteiger charge is -2.26. The molecule has 8 heteroatoms. The van der Waals surface area contributed by atoms with Gasteiger partial charge in [-0.25, -0.2) is 4.98 Å². The normalized spacial score (nSPS) is 14.8. The predicted molar refractivity (Wildman–Crippen MR) is 140 cm³/mol. The zero-order valence-corrected chi connectivity index (χ0v) is 21.3. The molecule has 0 bridgehead atoms. The van der Waals surface area contributed by atoms with E-state index < -0.39 is 0 Å². The molecule has 2 aromatic carbocycles. The van der Waals surface area contributed by atoms with Crippen LogP contribution < -0.4 is 10.1 Å². The summed E-state index contributed by atoms with van der Waals surface area (Å²) in [5.74, 6) is 1.67. The zero-order chi connectivity index (χ0) is 25.0. The van der Waals surface area contributed by atoms with Crippen molar-refractivity contribution in [3.05, 3.63) is 83.0 Å². The fourth-order valence-electron chi connectivity index (χ4n) is 4.17. The van der Waals surface area contributed by atoms with E-state index in [-0.39, 0.29) is 5.41 Å². The van der Waals surface area contributed by atoms with Gasteiger partial charge in [0.15, 0.2) is 0 Å². The van der Waals surface area contributed by atoms with Crippen LogP contribution in [0.2, 0.25) is 0 Å². The van der Waals surface area contributed by atoms with Crippen LogP contribution in [0.5, 0.6) is 5.88 Å². The molecule has 8 nitrogen and oxygen atoms in total. The maximum absolute atomic E-state index is 6.21. The van der Waals surface area contributed by atoms with Crippen molar-refractivity contribution in [3.63, 3.8) is 0 Å². The SMILES string of the molecule is CC(C)(C)c1ccc(CNc2nc3nc(CN4CCOCC4)cc(OCc4ccccc4)n3n2)cc1. The third kappa shape index (κ3) is 6.01. The Morgan fingerprint density at radius 3 is 2.42 bits per heavy atom. The molecule has 0 radical (unpaired) electrons. The Kier molecular flexibility index (Phi) is 7.16. The maximum Gasteiger partial charge on any atom is 0.257 e. The Morgan fingerprint density at radius 2 is 1.69 bits per heavy atom. The summed E-state index contributed by atoms with van der Waals surface area (Å²) >= 11 is 0. The molecule has 0 spiro atoms. The van der Waals surface area contributed by atoms with Gasteiger partial charge < -0.3 is 14.8 Å². The summed E-state index contributed by atoms with van der Waals surface area (Å²) < 4.78 is 13.4. The van der Waals surface area contributed by atoms with Gasteiger partial charge in [0, 0.05) is 32.2 Å². The highest BCUT2D eigenvalue weighted by atomic mass is 16.5. The number of morpholine rings is 1. The van der Waals surface area contributed by atoms with Crippen LogP contribution in [0.25, 0.3) is 5.78 Å². The van der Waals surface area contributed by atoms with Crippen LogP contribution >= 0.6 is 0 Å². The summed E-state index contributed by atoms with van der Waals surface area (Å²) in [5.41, 5.74) is 4.62. The van der Waals surface area contributed by atoms with Gasteiger partial charge in [-0.1, -0.05) is 75.4 Å². The van der Waals surface area contributed by atoms with Gasteiger partial charge in [-0.15, -0.1) is 5.10 Å². The fraction of sp³-hybridized carbons (Fsp3) is 0.393. The van der Waals surface area contributed by atoms with E-state index in [1.54, 1.807) is 4.52 Å². The van der Waals surface area contributed by atoms with Crippen molar-refractivity contribution in [1.29, 1.82) is 0 Å². The second-order valence-corrected chi connectivity index (χ2v) is 10.2. The van der Waals surface area contributed by atoms with Gasteiger partial charge in [-0.3, -0.25) is 4.90 Å². The number of anilines is 1. The number of ether oxygens (including phenoxy) is 2. The number of nitrogens with zero attached hydrogens (tertiary/aromatic N) is 5. The Hall–Kier alpha value is -3.49. The molecule has 1 aliphatic rings. The molecule has 188 valence electrons. The number of fused-ring (bicyclic) bond motifs is 1. The maximum atomic E-state index is 6.21. The number of rotatable bonds is 8. The Labute approximate surface area is 212 Å². The van der Waals surface area contributed by atoms with Crippen molar-refractivity contribution >= 4 is 11.7 Å². The van der Waals surface area contributed by atoms with Crippen LogP contribution in [0.3, 0.4) is 0 Å². The first-order valence-corrected chi connectivity index (χ1v) is 12.5. The summed E-state index contributed by atoms with van der Waals surface area (Å²) in [6.07, 6.45) is 0. The molecule has 0 unspecified atom stereocenters. The Balaban J connectivity index is 1.35. The lowest BCUT2D eigenvalue weighted by atomic mass is 9.87. The summed E-state index contributed by atoms with van der Waals surface area (Å²) in [7, 11) is 0. The van der Waals surface area contributed by atoms with Crippen molar-refractivity contribution in [2.24, 2.45) is 0 Å². The van der Waals surface area contributed by atoms with Crippen LogP contribution in [0.15, 0.2) is 60.7 Å². The smallest absolute Gasteiger partial charge is 0.257 e. The summed E-state index contributed by atoms with van der Waals surface area (Å²) in [6, 6.07) is 20.7. The third-order valence-electron chi connectivity index (χ3n) is 6.32. The van der Waals surface area contributed by atoms with E-state index in [2.05, 4.69) is 65.3 Å². The molecule has 1 saturated heterocycles. The molecule has 1 fully saturated rings. The first kappa shape index (κ1) is 24.2. The van der Waals surface area contributed by atoms with Gasteiger partial charge >= 0.3 is 0 Å². The van der Waals surface area contributed by atoms with E-state index >= 15 is 0 Å². The summed E-state index contributed by atoms with van der Waals surface area (Å²) in [5, 5.41) is 8.00. The Morgan fingerprint density at radius 1 is 0.944 bits per heavy atom. The first-order valence-electron chi connectivity index (χ1n) is 12.5. The second-order valence-electron chi connectivity index (χ2n) is 10.2. The highest BCUT2D eigenvalue weighted by molar-refractivity contribution is 5.42. The minimum Gasteiger partial charge on any atom is -0.473 e. The van der Waals surface area contributed by atoms with Gasteiger partial charge in [-0.05, 0) is 22.1 Å². The van der Waals surface area contributed by atoms with Crippen LogP contribution in [-0.4, -0.2) is 50.8 Å². The topological polar surface area (TPSA) is 76.8 Å². The van der Waals surface area contributed by atoms with Gasteiger partial charge in [0.25, 0.3) is 5.78 Å². The molecule has 2 aromatic heterocycles. The molecular formula is C28H34N6O2. The predicted octanol–water partition coefficient (Wildman–Crippen LogP) is 4.45. The molecule has 5 rings (SSSR count). The number of nitrogens with one attached hydrogen (secondary N) is 1. The average Bonchev–Trinajstić information content (AvgIpc) is 3.30. The third-order valence-corrected chi connectivity index (χ3v) is 6.32. The van der Waals surface area contributed by atoms with Crippen molar-refractivity contribution in [1.82, 2.24) is 24.5 Å². The second kappa shape index (κ2) is 10.6. The van der Waals surface area contributed by atoms with Crippen molar-refractivity contribution < 1.29 is 9.47 Å². The van der Waals surface area contributed by atoms with Gasteiger partial charge in [-0.2, -0.15) is 9.50 Å². The highest BCUT2D eigenvalue weighted by Gasteiger charge is 2.17. The average molecular weight is 487 g/mol. The van der Waals surface area contributed by atoms with Crippen molar-refractivity contribution in [2.45, 2.75) is 45.9 Å². The van der Waals surface area contributed by atoms with Gasteiger partial charge in [0.05, 0.1) is 18.9 Å². The van der Waals surface area contributed by atoms with Crippen molar-refractivity contribution in [2.75, 3.05) is 31.6 Å². The molecule has 4 aromatic rings. The number of hydrogen-bond acceptors (Lipinski definition) is 7. The fourth-order valence-corrected chi connectivity index (χ4v) is 4.17. The lowest BCUT2D eigenvalue weighted by molar-refractivity contribution is 0.0336. The standard InChI is InChI=1S/C28H34N6O2/c1-28(2,3)23-11-9-21(10-12-23)18-29-26-31-27-30-24(19-33-13-15-35-16-14-33)17-25(34(27)32-26)36-20-22-7-5-4-6-8-22/h4-12,17H,13-16,18-20H2,1-3H3,(H,29,32). The molecule has 0 atom stereocenters. The minimum atomic E-state index is 0.135. The molecule has 3 heterocycles. The molecule has 1 aliphatic heterocycles. The number of hydrogen-bond donors (Lipinski definition) is 1. The molecule has 36 heavy (non-hydrogen) atoms. The largest absolute Gasteiger partial charge is 0.473 e. The van der Waals surface area contributed by atoms with Gasteiger partial charge in [0.2, 0.25) is 11.8 Å². The highest BCUT2D eigenvalue weighted by Crippen LogP contribution is 2.23. The van der Waals surface area contributed by atoms with E-state index in [0.717, 1.165) is 44.1 Å². The summed E-state index contributed by atoms with van der Waals surface area (Å²) in [6.45, 7) is 11.7. The molecule has 0 amide bonds. The van der Waals surface area contributed by atoms with Crippen LogP contribution in [0, 0.1) is 0 Å². The van der Waals surface area contributed by atoms with Crippen LogP contribution in [0.4, 0.5) is 5.95 Å². The van der Waals surface area contributed by atoms with E-state index in [0.29, 0.717) is 30.8 Å². The molecular weight excluding hydrogens is 452 g/mol. The molecule has 0 aliphatic carbocycles. The quantitative estimate of drug-likeness (QED) is 0.394. The van der Waals surface area contributed by atoms with Crippen molar-refractivity contribution in [3.8, 4) is 5.88 Å². The summed E-state index contributed by atoms with van der Waals surface area (Å²) in [4.78, 5) is 11.8. The van der Waals surface area contributed by atoms with Crippen LogP contribution in [0.1, 0.15) is 43.2 Å².